The fourth-order valence-corrected chi connectivity index (χ4v) is 7.79. The van der Waals surface area contributed by atoms with Crippen molar-refractivity contribution in [1.82, 2.24) is 14.8 Å². The van der Waals surface area contributed by atoms with Crippen LogP contribution in [0.2, 0.25) is 0 Å². The molecule has 2 saturated heterocycles. The molecule has 4 rings (SSSR count). The zero-order chi connectivity index (χ0) is 38.3. The maximum absolute atomic E-state index is 14.2. The van der Waals surface area contributed by atoms with E-state index in [1.165, 1.54) is 22.1 Å². The number of para-hydroxylation sites is 1. The number of nitrogens with zero attached hydrogens (tertiary/aromatic N) is 3. The fraction of sp³-hybridized carbons (Fsp3) is 0.641. The minimum Gasteiger partial charge on any atom is -0.490 e. The summed E-state index contributed by atoms with van der Waals surface area (Å²) < 4.78 is 47.3. The number of amides is 2. The van der Waals surface area contributed by atoms with Gasteiger partial charge in [0, 0.05) is 31.4 Å². The molecule has 1 aromatic heterocycles. The molecule has 2 aliphatic heterocycles. The Bertz CT molecular complexity index is 1550. The molecule has 2 amide bonds. The van der Waals surface area contributed by atoms with Crippen LogP contribution in [-0.2, 0) is 32.6 Å². The van der Waals surface area contributed by atoms with E-state index in [4.69, 9.17) is 4.74 Å². The summed E-state index contributed by atoms with van der Waals surface area (Å²) in [5.41, 5.74) is -4.99. The first-order valence-electron chi connectivity index (χ1n) is 18.5. The van der Waals surface area contributed by atoms with Crippen molar-refractivity contribution in [2.24, 2.45) is 5.41 Å². The van der Waals surface area contributed by atoms with E-state index in [9.17, 15) is 42.9 Å². The summed E-state index contributed by atoms with van der Waals surface area (Å²) in [6.07, 6.45) is 0.0942. The van der Waals surface area contributed by atoms with Crippen LogP contribution in [0.15, 0.2) is 42.6 Å². The molecule has 1 unspecified atom stereocenters. The molecule has 4 atom stereocenters. The highest BCUT2D eigenvalue weighted by Crippen LogP contribution is 2.41. The molecule has 52 heavy (non-hydrogen) atoms. The maximum Gasteiger partial charge on any atom is 0.418 e. The quantitative estimate of drug-likeness (QED) is 0.189. The molecule has 0 saturated carbocycles. The van der Waals surface area contributed by atoms with Crippen LogP contribution in [0.4, 0.5) is 13.2 Å². The van der Waals surface area contributed by atoms with Crippen LogP contribution in [0.25, 0.3) is 0 Å². The summed E-state index contributed by atoms with van der Waals surface area (Å²) in [5.74, 6) is -1.55. The van der Waals surface area contributed by atoms with Crippen molar-refractivity contribution in [2.75, 3.05) is 19.6 Å². The Morgan fingerprint density at radius 3 is 2.33 bits per heavy atom. The van der Waals surface area contributed by atoms with Crippen molar-refractivity contribution in [3.05, 3.63) is 59.4 Å². The first kappa shape index (κ1) is 41.1. The smallest absolute Gasteiger partial charge is 0.418 e. The highest BCUT2D eigenvalue weighted by Gasteiger charge is 2.52. The Kier molecular flexibility index (Phi) is 13.4. The monoisotopic (exact) mass is 733 g/mol. The molecular formula is C39H54F3N3O7. The molecule has 13 heteroatoms. The Morgan fingerprint density at radius 2 is 1.69 bits per heavy atom. The zero-order valence-electron chi connectivity index (χ0n) is 30.8. The van der Waals surface area contributed by atoms with Crippen LogP contribution in [0.5, 0.6) is 5.75 Å². The Morgan fingerprint density at radius 1 is 1.00 bits per heavy atom. The maximum atomic E-state index is 14.2. The van der Waals surface area contributed by atoms with Crippen molar-refractivity contribution in [1.29, 1.82) is 0 Å². The Labute approximate surface area is 304 Å². The Balaban J connectivity index is 1.47. The first-order chi connectivity index (χ1) is 24.5. The van der Waals surface area contributed by atoms with Gasteiger partial charge in [0.1, 0.15) is 5.75 Å². The minimum absolute atomic E-state index is 0.0931. The van der Waals surface area contributed by atoms with Crippen molar-refractivity contribution in [2.45, 2.75) is 134 Å². The summed E-state index contributed by atoms with van der Waals surface area (Å²) in [4.78, 5) is 46.5. The van der Waals surface area contributed by atoms with Crippen LogP contribution in [0, 0.1) is 5.41 Å². The molecule has 2 aliphatic rings. The number of likely N-dealkylation sites (tertiary alicyclic amines) is 2. The molecular weight excluding hydrogens is 679 g/mol. The van der Waals surface area contributed by atoms with Gasteiger partial charge in [-0.3, -0.25) is 19.4 Å². The highest BCUT2D eigenvalue weighted by molar-refractivity contribution is 5.88. The van der Waals surface area contributed by atoms with E-state index in [1.807, 2.05) is 20.8 Å². The van der Waals surface area contributed by atoms with E-state index >= 15 is 0 Å². The number of carboxylic acid groups (broad SMARTS) is 1. The number of unbranched alkanes of at least 4 members (excludes halogenated alkanes) is 1. The number of aliphatic carboxylic acids is 1. The van der Waals surface area contributed by atoms with Crippen molar-refractivity contribution < 1.29 is 47.6 Å². The van der Waals surface area contributed by atoms with Gasteiger partial charge in [-0.2, -0.15) is 13.2 Å². The van der Waals surface area contributed by atoms with E-state index in [0.717, 1.165) is 18.9 Å². The summed E-state index contributed by atoms with van der Waals surface area (Å²) in [6, 6.07) is 8.25. The Hall–Kier alpha value is -3.71. The zero-order valence-corrected chi connectivity index (χ0v) is 30.8. The number of hydrogen-bond donors (Lipinski definition) is 3. The second-order valence-electron chi connectivity index (χ2n) is 14.8. The third-order valence-electron chi connectivity index (χ3n) is 10.9. The van der Waals surface area contributed by atoms with Gasteiger partial charge in [-0.25, -0.2) is 0 Å². The average Bonchev–Trinajstić information content (AvgIpc) is 3.10. The van der Waals surface area contributed by atoms with Gasteiger partial charge in [0.15, 0.2) is 5.60 Å². The SMILES string of the molecule is CCCC[C@H]1N(C(=O)Cc2ncccc2C(F)(F)F)CCC[C@@]1(O)C(=O)N1CCC(O)(c2ccccc2O[C@H](C)CCC(C)(CCC)C(=O)O)CC1. The number of pyridine rings is 1. The number of benzene rings is 1. The van der Waals surface area contributed by atoms with Gasteiger partial charge in [-0.05, 0) is 83.4 Å². The van der Waals surface area contributed by atoms with Crippen LogP contribution < -0.4 is 4.74 Å². The topological polar surface area (TPSA) is 140 Å². The average molecular weight is 734 g/mol. The molecule has 3 heterocycles. The minimum atomic E-state index is -4.69. The number of aliphatic hydroxyl groups is 2. The molecule has 0 bridgehead atoms. The highest BCUT2D eigenvalue weighted by atomic mass is 19.4. The van der Waals surface area contributed by atoms with Gasteiger partial charge in [-0.15, -0.1) is 0 Å². The number of ether oxygens (including phenoxy) is 1. The number of carboxylic acids is 1. The number of hydrogen-bond acceptors (Lipinski definition) is 7. The van der Waals surface area contributed by atoms with Crippen LogP contribution >= 0.6 is 0 Å². The second kappa shape index (κ2) is 17.0. The lowest BCUT2D eigenvalue weighted by atomic mass is 9.78. The second-order valence-corrected chi connectivity index (χ2v) is 14.8. The number of aromatic nitrogens is 1. The lowest BCUT2D eigenvalue weighted by molar-refractivity contribution is -0.173. The predicted molar refractivity (Wildman–Crippen MR) is 188 cm³/mol. The molecule has 10 nitrogen and oxygen atoms in total. The van der Waals surface area contributed by atoms with Gasteiger partial charge in [-0.1, -0.05) is 51.3 Å². The van der Waals surface area contributed by atoms with Gasteiger partial charge < -0.3 is 29.9 Å². The largest absolute Gasteiger partial charge is 0.490 e. The van der Waals surface area contributed by atoms with E-state index in [1.54, 1.807) is 31.2 Å². The number of piperidine rings is 2. The van der Waals surface area contributed by atoms with Gasteiger partial charge >= 0.3 is 12.1 Å². The molecule has 0 aliphatic carbocycles. The molecule has 2 aromatic rings. The third-order valence-corrected chi connectivity index (χ3v) is 10.9. The summed E-state index contributed by atoms with van der Waals surface area (Å²) in [7, 11) is 0. The van der Waals surface area contributed by atoms with Crippen molar-refractivity contribution in [3.63, 3.8) is 0 Å². The van der Waals surface area contributed by atoms with Crippen LogP contribution in [0.1, 0.15) is 115 Å². The lowest BCUT2D eigenvalue weighted by Crippen LogP contribution is -2.66. The van der Waals surface area contributed by atoms with E-state index < -0.39 is 64.3 Å². The van der Waals surface area contributed by atoms with Gasteiger partial charge in [0.2, 0.25) is 5.91 Å². The van der Waals surface area contributed by atoms with E-state index in [2.05, 4.69) is 4.98 Å². The van der Waals surface area contributed by atoms with Crippen LogP contribution in [-0.4, -0.2) is 85.3 Å². The summed E-state index contributed by atoms with van der Waals surface area (Å²) in [5, 5.41) is 33.8. The number of alkyl halides is 3. The molecule has 3 N–H and O–H groups in total. The third kappa shape index (κ3) is 9.25. The molecule has 0 radical (unpaired) electrons. The van der Waals surface area contributed by atoms with Gasteiger partial charge in [0.25, 0.3) is 5.91 Å². The number of carbonyl (C=O) groups is 3. The first-order valence-corrected chi connectivity index (χ1v) is 18.5. The van der Waals surface area contributed by atoms with Crippen molar-refractivity contribution >= 4 is 17.8 Å². The van der Waals surface area contributed by atoms with Crippen molar-refractivity contribution in [3.8, 4) is 5.75 Å². The standard InChI is InChI=1S/C39H54F3N3O7/c1-5-7-15-32-38(51,18-11-23-45(32)33(46)26-30-28(39(40,41)42)13-10-22-43-30)34(47)44-24-20-37(50,21-25-44)29-12-8-9-14-31(29)52-27(3)16-19-36(4,17-6-2)35(48)49/h8-10,12-14,22,27,32,50-51H,5-7,11,15-21,23-26H2,1-4H3,(H,48,49)/t27-,32-,36?,38+/m1/s1. The number of rotatable bonds is 15. The fourth-order valence-electron chi connectivity index (χ4n) is 7.79. The molecule has 288 valence electrons. The molecule has 0 spiro atoms. The van der Waals surface area contributed by atoms with E-state index in [0.29, 0.717) is 43.4 Å². The number of carbonyl (C=O) groups excluding carboxylic acids is 2. The predicted octanol–water partition coefficient (Wildman–Crippen LogP) is 6.50. The van der Waals surface area contributed by atoms with Gasteiger partial charge in [0.05, 0.1) is 40.8 Å². The lowest BCUT2D eigenvalue weighted by Gasteiger charge is -2.49. The number of halogens is 3. The van der Waals surface area contributed by atoms with Crippen LogP contribution in [0.3, 0.4) is 0 Å². The summed E-state index contributed by atoms with van der Waals surface area (Å²) >= 11 is 0. The molecule has 1 aromatic carbocycles. The summed E-state index contributed by atoms with van der Waals surface area (Å²) in [6.45, 7) is 7.94. The molecule has 2 fully saturated rings. The normalized spacial score (nSPS) is 22.4. The van der Waals surface area contributed by atoms with E-state index in [-0.39, 0.29) is 51.4 Å².